The summed E-state index contributed by atoms with van der Waals surface area (Å²) in [6.45, 7) is 4.96. The third kappa shape index (κ3) is 6.52. The van der Waals surface area contributed by atoms with Crippen molar-refractivity contribution in [1.29, 1.82) is 0 Å². The number of carbonyl (C=O) groups is 2. The molecular formula is C25H32ClN3O5S2. The molecule has 0 spiro atoms. The summed E-state index contributed by atoms with van der Waals surface area (Å²) in [4.78, 5) is 28.4. The standard InChI is InChI=1S/C25H32ClN3O5S2/c1-17(2)34-24(30)16-29(36(32,33)13-10-21-7-8-23(26)35-21)22-9-12-28(25(22)31)20-6-5-19-15-27-11-3-4-18(19)14-20/h5-7,10,13-14,17,22-23,27H,3-4,8-9,11-12,15-16H2,1-2H3/b13-10+/t22-,23?/m0/s1. The van der Waals surface area contributed by atoms with Gasteiger partial charge in [-0.3, -0.25) is 9.59 Å². The van der Waals surface area contributed by atoms with Gasteiger partial charge in [0.15, 0.2) is 0 Å². The first-order valence-corrected chi connectivity index (χ1v) is 15.0. The fourth-order valence-electron chi connectivity index (χ4n) is 4.60. The van der Waals surface area contributed by atoms with Gasteiger partial charge < -0.3 is 15.0 Å². The van der Waals surface area contributed by atoms with Crippen molar-refractivity contribution in [2.45, 2.75) is 62.9 Å². The van der Waals surface area contributed by atoms with E-state index in [0.717, 1.165) is 46.2 Å². The van der Waals surface area contributed by atoms with Crippen molar-refractivity contribution in [2.24, 2.45) is 0 Å². The van der Waals surface area contributed by atoms with Crippen molar-refractivity contribution in [3.63, 3.8) is 0 Å². The van der Waals surface area contributed by atoms with Crippen LogP contribution in [0.1, 0.15) is 44.2 Å². The quantitative estimate of drug-likeness (QED) is 0.389. The first kappa shape index (κ1) is 27.2. The number of sulfonamides is 1. The molecule has 0 aliphatic carbocycles. The number of ether oxygens (including phenoxy) is 1. The number of carbonyl (C=O) groups excluding carboxylic acids is 2. The first-order chi connectivity index (χ1) is 17.1. The third-order valence-electron chi connectivity index (χ3n) is 6.29. The van der Waals surface area contributed by atoms with Crippen molar-refractivity contribution in [1.82, 2.24) is 9.62 Å². The summed E-state index contributed by atoms with van der Waals surface area (Å²) >= 11 is 7.46. The van der Waals surface area contributed by atoms with Crippen LogP contribution in [0.3, 0.4) is 0 Å². The highest BCUT2D eigenvalue weighted by Crippen LogP contribution is 2.36. The number of allylic oxidation sites excluding steroid dienone is 2. The Hall–Kier alpha value is -1.85. The van der Waals surface area contributed by atoms with E-state index in [1.54, 1.807) is 18.7 Å². The number of hydrogen-bond acceptors (Lipinski definition) is 7. The maximum Gasteiger partial charge on any atom is 0.321 e. The highest BCUT2D eigenvalue weighted by molar-refractivity contribution is 8.05. The Balaban J connectivity index is 1.57. The van der Waals surface area contributed by atoms with Crippen LogP contribution < -0.4 is 10.2 Å². The molecule has 4 rings (SSSR count). The van der Waals surface area contributed by atoms with Gasteiger partial charge in [-0.2, -0.15) is 4.31 Å². The molecule has 196 valence electrons. The van der Waals surface area contributed by atoms with Crippen LogP contribution in [-0.2, 0) is 37.3 Å². The number of fused-ring (bicyclic) bond motifs is 1. The zero-order valence-electron chi connectivity index (χ0n) is 20.5. The van der Waals surface area contributed by atoms with Gasteiger partial charge in [0.25, 0.3) is 0 Å². The van der Waals surface area contributed by atoms with E-state index < -0.39 is 34.7 Å². The lowest BCUT2D eigenvalue weighted by Gasteiger charge is -2.26. The van der Waals surface area contributed by atoms with E-state index in [9.17, 15) is 18.0 Å². The summed E-state index contributed by atoms with van der Waals surface area (Å²) in [6.07, 6.45) is 5.79. The minimum atomic E-state index is -4.10. The summed E-state index contributed by atoms with van der Waals surface area (Å²) < 4.78 is 32.8. The fraction of sp³-hybridized carbons (Fsp3) is 0.520. The predicted molar refractivity (Wildman–Crippen MR) is 143 cm³/mol. The SMILES string of the molecule is CC(C)OC(=O)CN([C@H]1CCN(c2ccc3c(c2)CCCNC3)C1=O)S(=O)(=O)/C=C/C1=CCC(Cl)S1. The number of amides is 1. The summed E-state index contributed by atoms with van der Waals surface area (Å²) in [5.41, 5.74) is 3.16. The van der Waals surface area contributed by atoms with Gasteiger partial charge in [-0.15, -0.1) is 23.4 Å². The predicted octanol–water partition coefficient (Wildman–Crippen LogP) is 3.51. The van der Waals surface area contributed by atoms with E-state index in [1.165, 1.54) is 29.0 Å². The number of alkyl halides is 1. The number of halogens is 1. The highest BCUT2D eigenvalue weighted by atomic mass is 35.5. The average Bonchev–Trinajstić information content (AvgIpc) is 3.32. The molecule has 1 aromatic carbocycles. The summed E-state index contributed by atoms with van der Waals surface area (Å²) in [6, 6.07) is 4.97. The maximum absolute atomic E-state index is 13.5. The molecule has 8 nitrogen and oxygen atoms in total. The number of nitrogens with zero attached hydrogens (tertiary/aromatic N) is 2. The lowest BCUT2D eigenvalue weighted by molar-refractivity contribution is -0.148. The van der Waals surface area contributed by atoms with E-state index >= 15 is 0 Å². The molecule has 2 atom stereocenters. The van der Waals surface area contributed by atoms with E-state index in [0.29, 0.717) is 13.0 Å². The van der Waals surface area contributed by atoms with Crippen molar-refractivity contribution in [3.05, 3.63) is 51.8 Å². The molecule has 0 bridgehead atoms. The second-order valence-corrected chi connectivity index (χ2v) is 13.2. The number of esters is 1. The van der Waals surface area contributed by atoms with Crippen LogP contribution in [0.4, 0.5) is 5.69 Å². The smallest absolute Gasteiger partial charge is 0.321 e. The minimum Gasteiger partial charge on any atom is -0.462 e. The lowest BCUT2D eigenvalue weighted by atomic mass is 10.0. The van der Waals surface area contributed by atoms with Gasteiger partial charge in [-0.05, 0) is 75.4 Å². The summed E-state index contributed by atoms with van der Waals surface area (Å²) in [5, 5.41) is 4.44. The van der Waals surface area contributed by atoms with Crippen LogP contribution in [0.25, 0.3) is 0 Å². The van der Waals surface area contributed by atoms with E-state index in [2.05, 4.69) is 5.32 Å². The number of nitrogens with one attached hydrogen (secondary N) is 1. The summed E-state index contributed by atoms with van der Waals surface area (Å²) in [5.74, 6) is -1.03. The zero-order valence-corrected chi connectivity index (χ0v) is 22.9. The lowest BCUT2D eigenvalue weighted by Crippen LogP contribution is -2.47. The average molecular weight is 554 g/mol. The fourth-order valence-corrected chi connectivity index (χ4v) is 7.22. The van der Waals surface area contributed by atoms with Crippen LogP contribution >= 0.6 is 23.4 Å². The second kappa shape index (κ2) is 11.7. The van der Waals surface area contributed by atoms with E-state index in [-0.39, 0.29) is 17.0 Å². The van der Waals surface area contributed by atoms with Crippen LogP contribution in [-0.4, -0.2) is 61.1 Å². The van der Waals surface area contributed by atoms with Crippen molar-refractivity contribution >= 4 is 50.9 Å². The first-order valence-electron chi connectivity index (χ1n) is 12.2. The van der Waals surface area contributed by atoms with Gasteiger partial charge >= 0.3 is 5.97 Å². The molecule has 1 N–H and O–H groups in total. The molecule has 0 radical (unpaired) electrons. The van der Waals surface area contributed by atoms with Crippen molar-refractivity contribution in [3.8, 4) is 0 Å². The zero-order chi connectivity index (χ0) is 25.9. The Morgan fingerprint density at radius 1 is 1.36 bits per heavy atom. The van der Waals surface area contributed by atoms with Gasteiger partial charge in [0.2, 0.25) is 15.9 Å². The highest BCUT2D eigenvalue weighted by Gasteiger charge is 2.42. The van der Waals surface area contributed by atoms with Crippen molar-refractivity contribution in [2.75, 3.05) is 24.5 Å². The number of aryl methyl sites for hydroxylation is 1. The van der Waals surface area contributed by atoms with Crippen LogP contribution in [0.5, 0.6) is 0 Å². The Morgan fingerprint density at radius 3 is 2.89 bits per heavy atom. The maximum atomic E-state index is 13.5. The Morgan fingerprint density at radius 2 is 2.17 bits per heavy atom. The van der Waals surface area contributed by atoms with Gasteiger partial charge in [-0.25, -0.2) is 8.42 Å². The van der Waals surface area contributed by atoms with Gasteiger partial charge in [0.1, 0.15) is 12.6 Å². The van der Waals surface area contributed by atoms with Crippen LogP contribution in [0.15, 0.2) is 40.7 Å². The molecule has 0 saturated carbocycles. The Kier molecular flexibility index (Phi) is 8.83. The Bertz CT molecular complexity index is 1170. The number of hydrogen-bond donors (Lipinski definition) is 1. The largest absolute Gasteiger partial charge is 0.462 e. The molecule has 11 heteroatoms. The van der Waals surface area contributed by atoms with Crippen LogP contribution in [0.2, 0.25) is 0 Å². The van der Waals surface area contributed by atoms with Crippen LogP contribution in [0, 0.1) is 0 Å². The molecule has 1 saturated heterocycles. The molecular weight excluding hydrogens is 522 g/mol. The van der Waals surface area contributed by atoms with E-state index in [4.69, 9.17) is 16.3 Å². The molecule has 1 unspecified atom stereocenters. The number of rotatable bonds is 8. The molecule has 36 heavy (non-hydrogen) atoms. The van der Waals surface area contributed by atoms with Gasteiger partial charge in [-0.1, -0.05) is 12.1 Å². The van der Waals surface area contributed by atoms with Gasteiger partial charge in [0.05, 0.1) is 10.8 Å². The topological polar surface area (TPSA) is 96.0 Å². The summed E-state index contributed by atoms with van der Waals surface area (Å²) in [7, 11) is -4.10. The normalized spacial score (nSPS) is 22.9. The van der Waals surface area contributed by atoms with Gasteiger partial charge in [0, 0.05) is 29.1 Å². The van der Waals surface area contributed by atoms with E-state index in [1.807, 2.05) is 24.3 Å². The molecule has 1 aromatic rings. The number of anilines is 1. The molecule has 1 fully saturated rings. The number of benzene rings is 1. The minimum absolute atomic E-state index is 0.133. The second-order valence-electron chi connectivity index (χ2n) is 9.33. The number of thioether (sulfide) groups is 1. The third-order valence-corrected chi connectivity index (χ3v) is 9.28. The Labute approximate surface area is 222 Å². The van der Waals surface area contributed by atoms with Crippen molar-refractivity contribution < 1.29 is 22.7 Å². The molecule has 3 aliphatic heterocycles. The molecule has 1 amide bonds. The molecule has 3 heterocycles. The molecule has 3 aliphatic rings. The molecule has 0 aromatic heterocycles. The monoisotopic (exact) mass is 553 g/mol.